The molecule has 2 atom stereocenters. The second-order valence-electron chi connectivity index (χ2n) is 7.91. The van der Waals surface area contributed by atoms with Crippen LogP contribution in [0.2, 0.25) is 6.82 Å². The fourth-order valence-electron chi connectivity index (χ4n) is 3.76. The van der Waals surface area contributed by atoms with Crippen LogP contribution in [0.5, 0.6) is 5.75 Å². The van der Waals surface area contributed by atoms with Crippen molar-refractivity contribution in [2.24, 2.45) is 0 Å². The third-order valence-electron chi connectivity index (χ3n) is 5.44. The third-order valence-corrected chi connectivity index (χ3v) is 8.45. The molecule has 0 spiro atoms. The van der Waals surface area contributed by atoms with Gasteiger partial charge >= 0.3 is 13.1 Å². The lowest BCUT2D eigenvalue weighted by Crippen LogP contribution is -2.45. The Kier molecular flexibility index (Phi) is 9.41. The van der Waals surface area contributed by atoms with Crippen molar-refractivity contribution in [3.8, 4) is 5.75 Å². The van der Waals surface area contributed by atoms with E-state index in [9.17, 15) is 18.2 Å². The summed E-state index contributed by atoms with van der Waals surface area (Å²) in [5, 5.41) is 12.8. The Hall–Kier alpha value is -1.64. The van der Waals surface area contributed by atoms with Gasteiger partial charge in [-0.2, -0.15) is 0 Å². The standard InChI is InChI=1S/C21H26BBr2N3O6S/c1-22(29)27-12-16(26-34(30,31)20-9-15(23)5-8-19(20)24)10-17(27)13-33-21(28)25-11-14-3-6-18(32-2)7-4-14/h3-9,16-17,26,29H,10-13H2,1-2H3,(H,25,28)/t16-,17-/m1/s1. The summed E-state index contributed by atoms with van der Waals surface area (Å²) in [6, 6.07) is 11.4. The van der Waals surface area contributed by atoms with Gasteiger partial charge in [0.05, 0.1) is 12.0 Å². The number of methoxy groups -OCH3 is 1. The lowest BCUT2D eigenvalue weighted by Gasteiger charge is -2.24. The van der Waals surface area contributed by atoms with Gasteiger partial charge in [0.15, 0.2) is 0 Å². The molecule has 1 saturated heterocycles. The number of nitrogens with zero attached hydrogens (tertiary/aromatic N) is 1. The minimum atomic E-state index is -3.81. The maximum Gasteiger partial charge on any atom is 0.407 e. The highest BCUT2D eigenvalue weighted by Gasteiger charge is 2.38. The Bertz CT molecular complexity index is 1100. The Labute approximate surface area is 216 Å². The van der Waals surface area contributed by atoms with Gasteiger partial charge in [0, 0.05) is 34.1 Å². The number of halogens is 2. The van der Waals surface area contributed by atoms with Gasteiger partial charge in [0.25, 0.3) is 0 Å². The van der Waals surface area contributed by atoms with Crippen LogP contribution in [0.1, 0.15) is 12.0 Å². The summed E-state index contributed by atoms with van der Waals surface area (Å²) in [7, 11) is -3.06. The number of alkyl carbamates (subject to hydrolysis) is 1. The molecule has 0 radical (unpaired) electrons. The SMILES string of the molecule is COc1ccc(CNC(=O)OC[C@H]2C[C@@H](NS(=O)(=O)c3cc(Br)ccc3Br)CN2B(C)O)cc1. The van der Waals surface area contributed by atoms with Gasteiger partial charge < -0.3 is 24.6 Å². The first-order valence-electron chi connectivity index (χ1n) is 10.5. The van der Waals surface area contributed by atoms with Crippen molar-refractivity contribution in [3.63, 3.8) is 0 Å². The van der Waals surface area contributed by atoms with Crippen LogP contribution < -0.4 is 14.8 Å². The summed E-state index contributed by atoms with van der Waals surface area (Å²) in [6.45, 7) is 2.18. The van der Waals surface area contributed by atoms with E-state index >= 15 is 0 Å². The van der Waals surface area contributed by atoms with E-state index < -0.39 is 29.2 Å². The summed E-state index contributed by atoms with van der Waals surface area (Å²) < 4.78 is 40.1. The van der Waals surface area contributed by atoms with E-state index in [-0.39, 0.29) is 30.6 Å². The normalized spacial score (nSPS) is 18.5. The van der Waals surface area contributed by atoms with E-state index in [0.717, 1.165) is 11.3 Å². The van der Waals surface area contributed by atoms with Crippen molar-refractivity contribution in [1.29, 1.82) is 0 Å². The van der Waals surface area contributed by atoms with Crippen molar-refractivity contribution < 1.29 is 27.7 Å². The van der Waals surface area contributed by atoms with Crippen molar-refractivity contribution in [3.05, 3.63) is 57.0 Å². The highest BCUT2D eigenvalue weighted by Crippen LogP contribution is 2.27. The first-order chi connectivity index (χ1) is 16.1. The first kappa shape index (κ1) is 27.0. The number of carbonyl (C=O) groups excluding carboxylic acids is 1. The topological polar surface area (TPSA) is 117 Å². The van der Waals surface area contributed by atoms with E-state index in [2.05, 4.69) is 41.9 Å². The van der Waals surface area contributed by atoms with E-state index in [1.165, 1.54) is 6.07 Å². The number of sulfonamides is 1. The van der Waals surface area contributed by atoms with Crippen molar-refractivity contribution in [2.75, 3.05) is 20.3 Å². The average molecular weight is 619 g/mol. The molecule has 0 bridgehead atoms. The number of hydrogen-bond donors (Lipinski definition) is 3. The highest BCUT2D eigenvalue weighted by atomic mass is 79.9. The van der Waals surface area contributed by atoms with Crippen LogP contribution in [0, 0.1) is 0 Å². The fraction of sp³-hybridized carbons (Fsp3) is 0.381. The molecule has 9 nitrogen and oxygen atoms in total. The van der Waals surface area contributed by atoms with Crippen LogP contribution in [0.3, 0.4) is 0 Å². The van der Waals surface area contributed by atoms with Gasteiger partial charge in [-0.3, -0.25) is 0 Å². The minimum Gasteiger partial charge on any atom is -0.497 e. The number of nitrogens with one attached hydrogen (secondary N) is 2. The number of rotatable bonds is 9. The molecule has 3 rings (SSSR count). The molecule has 1 aliphatic heterocycles. The second kappa shape index (κ2) is 11.9. The molecule has 0 aliphatic carbocycles. The molecule has 2 aromatic carbocycles. The maximum atomic E-state index is 12.9. The van der Waals surface area contributed by atoms with Crippen molar-refractivity contribution in [2.45, 2.75) is 36.8 Å². The fourth-order valence-corrected chi connectivity index (χ4v) is 6.50. The molecule has 184 valence electrons. The third kappa shape index (κ3) is 7.19. The number of benzene rings is 2. The van der Waals surface area contributed by atoms with Crippen molar-refractivity contribution in [1.82, 2.24) is 14.8 Å². The van der Waals surface area contributed by atoms with E-state index in [4.69, 9.17) is 9.47 Å². The Morgan fingerprint density at radius 2 is 1.94 bits per heavy atom. The number of ether oxygens (including phenoxy) is 2. The summed E-state index contributed by atoms with van der Waals surface area (Å²) in [5.74, 6) is 0.725. The number of amides is 1. The Morgan fingerprint density at radius 1 is 1.24 bits per heavy atom. The van der Waals surface area contributed by atoms with Gasteiger partial charge in [-0.25, -0.2) is 17.9 Å². The van der Waals surface area contributed by atoms with E-state index in [0.29, 0.717) is 15.4 Å². The van der Waals surface area contributed by atoms with Gasteiger partial charge in [-0.1, -0.05) is 28.1 Å². The van der Waals surface area contributed by atoms with Crippen LogP contribution in [0.15, 0.2) is 56.3 Å². The maximum absolute atomic E-state index is 12.9. The van der Waals surface area contributed by atoms with Crippen LogP contribution in [0.4, 0.5) is 4.79 Å². The highest BCUT2D eigenvalue weighted by molar-refractivity contribution is 9.11. The Balaban J connectivity index is 1.56. The molecule has 0 saturated carbocycles. The molecule has 0 unspecified atom stereocenters. The second-order valence-corrected chi connectivity index (χ2v) is 11.4. The lowest BCUT2D eigenvalue weighted by atomic mass is 9.84. The van der Waals surface area contributed by atoms with Crippen LogP contribution >= 0.6 is 31.9 Å². The molecule has 1 aliphatic rings. The van der Waals surface area contributed by atoms with Gasteiger partial charge in [-0.05, 0) is 65.1 Å². The largest absolute Gasteiger partial charge is 0.497 e. The number of carbonyl (C=O) groups is 1. The van der Waals surface area contributed by atoms with Crippen LogP contribution in [-0.4, -0.2) is 63.7 Å². The number of hydrogen-bond acceptors (Lipinski definition) is 7. The van der Waals surface area contributed by atoms with E-state index in [1.807, 2.05) is 12.1 Å². The summed E-state index contributed by atoms with van der Waals surface area (Å²) in [6.07, 6.45) is -0.218. The van der Waals surface area contributed by atoms with Crippen molar-refractivity contribution >= 4 is 55.0 Å². The molecule has 1 heterocycles. The molecule has 13 heteroatoms. The molecule has 1 amide bonds. The molecular formula is C21H26BBr2N3O6S. The van der Waals surface area contributed by atoms with Crippen LogP contribution in [-0.2, 0) is 21.3 Å². The predicted molar refractivity (Wildman–Crippen MR) is 136 cm³/mol. The molecule has 1 fully saturated rings. The summed E-state index contributed by atoms with van der Waals surface area (Å²) in [4.78, 5) is 14.0. The zero-order valence-electron chi connectivity index (χ0n) is 18.7. The molecule has 0 aromatic heterocycles. The van der Waals surface area contributed by atoms with Gasteiger partial charge in [-0.15, -0.1) is 0 Å². The summed E-state index contributed by atoms with van der Waals surface area (Å²) >= 11 is 6.57. The summed E-state index contributed by atoms with van der Waals surface area (Å²) in [5.41, 5.74) is 0.886. The quantitative estimate of drug-likeness (QED) is 0.370. The lowest BCUT2D eigenvalue weighted by molar-refractivity contribution is 0.122. The smallest absolute Gasteiger partial charge is 0.407 e. The molecule has 2 aromatic rings. The Morgan fingerprint density at radius 3 is 2.59 bits per heavy atom. The molecule has 3 N–H and O–H groups in total. The molecule has 34 heavy (non-hydrogen) atoms. The van der Waals surface area contributed by atoms with Gasteiger partial charge in [0.1, 0.15) is 12.4 Å². The van der Waals surface area contributed by atoms with Gasteiger partial charge in [0.2, 0.25) is 10.0 Å². The van der Waals surface area contributed by atoms with Crippen LogP contribution in [0.25, 0.3) is 0 Å². The zero-order valence-corrected chi connectivity index (χ0v) is 22.7. The zero-order chi connectivity index (χ0) is 24.9. The van der Waals surface area contributed by atoms with E-state index in [1.54, 1.807) is 43.0 Å². The monoisotopic (exact) mass is 617 g/mol. The molecular weight excluding hydrogens is 593 g/mol. The predicted octanol–water partition coefficient (Wildman–Crippen LogP) is 2.98. The first-order valence-corrected chi connectivity index (χ1v) is 13.6. The minimum absolute atomic E-state index is 0.0121. The average Bonchev–Trinajstić information content (AvgIpc) is 3.20.